The fourth-order valence-corrected chi connectivity index (χ4v) is 2.42. The van der Waals surface area contributed by atoms with E-state index in [4.69, 9.17) is 5.26 Å². The van der Waals surface area contributed by atoms with Crippen molar-refractivity contribution in [3.05, 3.63) is 0 Å². The molecule has 0 radical (unpaired) electrons. The average Bonchev–Trinajstić information content (AvgIpc) is 2.27. The Bertz CT molecular complexity index is 355. The smallest absolute Gasteiger partial charge is 0.251 e. The summed E-state index contributed by atoms with van der Waals surface area (Å²) in [5, 5.41) is 8.28. The highest BCUT2D eigenvalue weighted by Gasteiger charge is 2.12. The molecular formula is C10H19F2N3O2S. The van der Waals surface area contributed by atoms with Gasteiger partial charge in [0.1, 0.15) is 0 Å². The quantitative estimate of drug-likeness (QED) is 0.602. The second-order valence-electron chi connectivity index (χ2n) is 3.76. The highest BCUT2D eigenvalue weighted by Crippen LogP contribution is 1.98. The highest BCUT2D eigenvalue weighted by molar-refractivity contribution is 7.89. The molecule has 0 aliphatic heterocycles. The third-order valence-electron chi connectivity index (χ3n) is 2.30. The van der Waals surface area contributed by atoms with Crippen LogP contribution in [0.15, 0.2) is 0 Å². The Kier molecular flexibility index (Phi) is 8.79. The Morgan fingerprint density at radius 1 is 1.44 bits per heavy atom. The van der Waals surface area contributed by atoms with Crippen LogP contribution < -0.4 is 4.72 Å². The third kappa shape index (κ3) is 9.27. The van der Waals surface area contributed by atoms with Crippen LogP contribution >= 0.6 is 0 Å². The van der Waals surface area contributed by atoms with E-state index >= 15 is 0 Å². The van der Waals surface area contributed by atoms with E-state index in [0.717, 1.165) is 0 Å². The first-order valence-electron chi connectivity index (χ1n) is 5.76. The number of halogens is 2. The van der Waals surface area contributed by atoms with Gasteiger partial charge in [-0.3, -0.25) is 4.90 Å². The number of nitrogens with zero attached hydrogens (tertiary/aromatic N) is 2. The van der Waals surface area contributed by atoms with E-state index in [9.17, 15) is 17.2 Å². The number of nitrogens with one attached hydrogen (secondary N) is 1. The fourth-order valence-electron chi connectivity index (χ4n) is 1.35. The van der Waals surface area contributed by atoms with Gasteiger partial charge in [0.15, 0.2) is 0 Å². The molecule has 0 unspecified atom stereocenters. The normalized spacial score (nSPS) is 12.0. The molecule has 0 saturated heterocycles. The summed E-state index contributed by atoms with van der Waals surface area (Å²) in [6, 6.07) is 1.86. The lowest BCUT2D eigenvalue weighted by Gasteiger charge is -2.19. The molecule has 0 spiro atoms. The monoisotopic (exact) mass is 283 g/mol. The Morgan fingerprint density at radius 3 is 2.61 bits per heavy atom. The second kappa shape index (κ2) is 9.19. The van der Waals surface area contributed by atoms with Gasteiger partial charge >= 0.3 is 0 Å². The minimum atomic E-state index is -3.40. The van der Waals surface area contributed by atoms with Gasteiger partial charge < -0.3 is 0 Å². The number of unbranched alkanes of at least 4 members (excludes halogenated alkanes) is 1. The predicted molar refractivity (Wildman–Crippen MR) is 64.8 cm³/mol. The molecule has 0 fully saturated rings. The number of rotatable bonds is 10. The summed E-state index contributed by atoms with van der Waals surface area (Å²) in [4.78, 5) is 1.47. The lowest BCUT2D eigenvalue weighted by atomic mass is 10.4. The van der Waals surface area contributed by atoms with Crippen LogP contribution in [0.25, 0.3) is 0 Å². The molecule has 0 rings (SSSR count). The molecule has 8 heteroatoms. The number of hydrogen-bond acceptors (Lipinski definition) is 4. The summed E-state index contributed by atoms with van der Waals surface area (Å²) in [5.41, 5.74) is 0. The van der Waals surface area contributed by atoms with Gasteiger partial charge in [-0.15, -0.1) is 0 Å². The van der Waals surface area contributed by atoms with Crippen molar-refractivity contribution in [2.45, 2.75) is 26.2 Å². The minimum absolute atomic E-state index is 0.107. The van der Waals surface area contributed by atoms with E-state index in [0.29, 0.717) is 6.54 Å². The Hall–Kier alpha value is -0.780. The predicted octanol–water partition coefficient (Wildman–Crippen LogP) is 0.797. The van der Waals surface area contributed by atoms with Gasteiger partial charge in [0.25, 0.3) is 6.43 Å². The molecule has 1 N–H and O–H groups in total. The van der Waals surface area contributed by atoms with Gasteiger partial charge in [-0.1, -0.05) is 6.92 Å². The first-order valence-corrected chi connectivity index (χ1v) is 7.41. The zero-order valence-corrected chi connectivity index (χ0v) is 11.2. The molecule has 0 aromatic rings. The number of sulfonamides is 1. The molecule has 0 bridgehead atoms. The minimum Gasteiger partial charge on any atom is -0.297 e. The fraction of sp³-hybridized carbons (Fsp3) is 0.900. The molecule has 0 atom stereocenters. The van der Waals surface area contributed by atoms with Crippen LogP contribution in [0.4, 0.5) is 8.78 Å². The van der Waals surface area contributed by atoms with Crippen LogP contribution in [0.1, 0.15) is 19.8 Å². The highest BCUT2D eigenvalue weighted by atomic mass is 32.2. The maximum Gasteiger partial charge on any atom is 0.251 e. The van der Waals surface area contributed by atoms with Gasteiger partial charge in [0.05, 0.1) is 18.4 Å². The first-order chi connectivity index (χ1) is 8.41. The van der Waals surface area contributed by atoms with Crippen LogP contribution in [-0.4, -0.2) is 51.7 Å². The van der Waals surface area contributed by atoms with Gasteiger partial charge in [-0.2, -0.15) is 5.26 Å². The number of likely N-dealkylation sites (N-methyl/N-ethyl adjacent to an activating group) is 1. The molecule has 0 aliphatic carbocycles. The summed E-state index contributed by atoms with van der Waals surface area (Å²) >= 11 is 0. The number of alkyl halides is 2. The largest absolute Gasteiger partial charge is 0.297 e. The van der Waals surface area contributed by atoms with Crippen LogP contribution in [0, 0.1) is 11.3 Å². The molecule has 0 saturated carbocycles. The topological polar surface area (TPSA) is 73.2 Å². The molecular weight excluding hydrogens is 264 g/mol. The van der Waals surface area contributed by atoms with E-state index in [-0.39, 0.29) is 38.2 Å². The first kappa shape index (κ1) is 17.2. The maximum atomic E-state index is 12.1. The second-order valence-corrected chi connectivity index (χ2v) is 5.69. The van der Waals surface area contributed by atoms with Crippen LogP contribution in [0.2, 0.25) is 0 Å². The molecule has 0 aliphatic rings. The number of hydrogen-bond donors (Lipinski definition) is 1. The van der Waals surface area contributed by atoms with Crippen LogP contribution in [0.5, 0.6) is 0 Å². The summed E-state index contributed by atoms with van der Waals surface area (Å²) in [5.74, 6) is -0.110. The van der Waals surface area contributed by atoms with Gasteiger partial charge in [-0.25, -0.2) is 21.9 Å². The van der Waals surface area contributed by atoms with Gasteiger partial charge in [0.2, 0.25) is 10.0 Å². The van der Waals surface area contributed by atoms with E-state index in [1.54, 1.807) is 6.92 Å². The van der Waals surface area contributed by atoms with Gasteiger partial charge in [0, 0.05) is 19.5 Å². The molecule has 0 aromatic heterocycles. The summed E-state index contributed by atoms with van der Waals surface area (Å²) in [7, 11) is -3.40. The van der Waals surface area contributed by atoms with Crippen LogP contribution in [-0.2, 0) is 10.0 Å². The Balaban J connectivity index is 3.90. The Morgan fingerprint density at radius 2 is 2.11 bits per heavy atom. The molecule has 106 valence electrons. The average molecular weight is 283 g/mol. The standard InChI is InChI=1S/C10H19F2N3O2S/c1-2-15(9-10(11)12)7-6-14-18(16,17)8-4-3-5-13/h10,14H,2-4,6-9H2,1H3. The SMILES string of the molecule is CCN(CCNS(=O)(=O)CCCC#N)CC(F)F. The lowest BCUT2D eigenvalue weighted by Crippen LogP contribution is -2.37. The van der Waals surface area contributed by atoms with E-state index < -0.39 is 16.4 Å². The molecule has 18 heavy (non-hydrogen) atoms. The van der Waals surface area contributed by atoms with E-state index in [2.05, 4.69) is 4.72 Å². The Labute approximate surface area is 107 Å². The molecule has 0 heterocycles. The summed E-state index contributed by atoms with van der Waals surface area (Å²) in [6.07, 6.45) is -1.95. The maximum absolute atomic E-state index is 12.1. The van der Waals surface area contributed by atoms with Crippen molar-refractivity contribution in [2.75, 3.05) is 31.9 Å². The van der Waals surface area contributed by atoms with Crippen LogP contribution in [0.3, 0.4) is 0 Å². The van der Waals surface area contributed by atoms with Crippen molar-refractivity contribution in [2.24, 2.45) is 0 Å². The summed E-state index contributed by atoms with van der Waals surface area (Å²) in [6.45, 7) is 2.19. The van der Waals surface area contributed by atoms with Crippen molar-refractivity contribution in [3.8, 4) is 6.07 Å². The van der Waals surface area contributed by atoms with Gasteiger partial charge in [-0.05, 0) is 13.0 Å². The zero-order chi connectivity index (χ0) is 14.0. The summed E-state index contributed by atoms with van der Waals surface area (Å²) < 4.78 is 49.4. The third-order valence-corrected chi connectivity index (χ3v) is 3.77. The molecule has 0 aromatic carbocycles. The molecule has 0 amide bonds. The van der Waals surface area contributed by atoms with Crippen molar-refractivity contribution in [1.29, 1.82) is 5.26 Å². The van der Waals surface area contributed by atoms with E-state index in [1.165, 1.54) is 4.90 Å². The van der Waals surface area contributed by atoms with Crippen molar-refractivity contribution in [1.82, 2.24) is 9.62 Å². The lowest BCUT2D eigenvalue weighted by molar-refractivity contribution is 0.0919. The zero-order valence-electron chi connectivity index (χ0n) is 10.4. The van der Waals surface area contributed by atoms with Crippen molar-refractivity contribution >= 4 is 10.0 Å². The van der Waals surface area contributed by atoms with Crippen molar-refractivity contribution in [3.63, 3.8) is 0 Å². The van der Waals surface area contributed by atoms with E-state index in [1.807, 2.05) is 6.07 Å². The molecule has 5 nitrogen and oxygen atoms in total. The number of nitriles is 1. The van der Waals surface area contributed by atoms with Crippen molar-refractivity contribution < 1.29 is 17.2 Å².